The summed E-state index contributed by atoms with van der Waals surface area (Å²) in [4.78, 5) is 16.0. The third-order valence-electron chi connectivity index (χ3n) is 3.54. The van der Waals surface area contributed by atoms with Gasteiger partial charge in [0.1, 0.15) is 0 Å². The highest BCUT2D eigenvalue weighted by Gasteiger charge is 2.14. The predicted molar refractivity (Wildman–Crippen MR) is 75.6 cm³/mol. The molecular weight excluding hydrogens is 238 g/mol. The van der Waals surface area contributed by atoms with Crippen LogP contribution < -0.4 is 10.6 Å². The van der Waals surface area contributed by atoms with Crippen LogP contribution >= 0.6 is 0 Å². The van der Waals surface area contributed by atoms with Crippen molar-refractivity contribution in [1.82, 2.24) is 15.6 Å². The first kappa shape index (κ1) is 14.0. The van der Waals surface area contributed by atoms with Crippen molar-refractivity contribution in [2.45, 2.75) is 51.1 Å². The molecule has 4 heteroatoms. The van der Waals surface area contributed by atoms with Gasteiger partial charge in [-0.3, -0.25) is 9.78 Å². The van der Waals surface area contributed by atoms with Gasteiger partial charge in [0.2, 0.25) is 5.91 Å². The SMILES string of the molecule is O=C(CNCc1ccccn1)NC1CCCCCC1. The molecule has 1 amide bonds. The molecule has 0 unspecified atom stereocenters. The predicted octanol–water partition coefficient (Wildman–Crippen LogP) is 2.01. The Morgan fingerprint density at radius 1 is 1.21 bits per heavy atom. The summed E-state index contributed by atoms with van der Waals surface area (Å²) in [7, 11) is 0. The van der Waals surface area contributed by atoms with Crippen LogP contribution in [0, 0.1) is 0 Å². The van der Waals surface area contributed by atoms with Crippen molar-refractivity contribution in [3.05, 3.63) is 30.1 Å². The maximum Gasteiger partial charge on any atom is 0.234 e. The van der Waals surface area contributed by atoms with Crippen LogP contribution in [0.4, 0.5) is 0 Å². The zero-order valence-electron chi connectivity index (χ0n) is 11.4. The first-order valence-corrected chi connectivity index (χ1v) is 7.24. The van der Waals surface area contributed by atoms with E-state index in [2.05, 4.69) is 15.6 Å². The van der Waals surface area contributed by atoms with Crippen LogP contribution in [0.25, 0.3) is 0 Å². The fraction of sp³-hybridized carbons (Fsp3) is 0.600. The summed E-state index contributed by atoms with van der Waals surface area (Å²) >= 11 is 0. The lowest BCUT2D eigenvalue weighted by Crippen LogP contribution is -2.40. The Bertz CT molecular complexity index is 372. The third kappa shape index (κ3) is 5.39. The summed E-state index contributed by atoms with van der Waals surface area (Å²) in [5, 5.41) is 6.26. The van der Waals surface area contributed by atoms with E-state index in [9.17, 15) is 4.79 Å². The van der Waals surface area contributed by atoms with E-state index in [1.165, 1.54) is 25.7 Å². The molecule has 1 aliphatic rings. The number of aromatic nitrogens is 1. The maximum atomic E-state index is 11.8. The summed E-state index contributed by atoms with van der Waals surface area (Å²) in [6, 6.07) is 6.18. The molecule has 1 fully saturated rings. The first-order valence-electron chi connectivity index (χ1n) is 7.24. The Labute approximate surface area is 115 Å². The van der Waals surface area contributed by atoms with E-state index in [0.29, 0.717) is 19.1 Å². The average molecular weight is 261 g/mol. The van der Waals surface area contributed by atoms with Crippen molar-refractivity contribution in [2.24, 2.45) is 0 Å². The summed E-state index contributed by atoms with van der Waals surface area (Å²) < 4.78 is 0. The van der Waals surface area contributed by atoms with E-state index >= 15 is 0 Å². The van der Waals surface area contributed by atoms with Crippen molar-refractivity contribution in [2.75, 3.05) is 6.54 Å². The van der Waals surface area contributed by atoms with Gasteiger partial charge in [-0.15, -0.1) is 0 Å². The van der Waals surface area contributed by atoms with Crippen molar-refractivity contribution in [1.29, 1.82) is 0 Å². The van der Waals surface area contributed by atoms with Gasteiger partial charge in [0.25, 0.3) is 0 Å². The van der Waals surface area contributed by atoms with E-state index in [4.69, 9.17) is 0 Å². The Hall–Kier alpha value is -1.42. The number of amides is 1. The van der Waals surface area contributed by atoms with Crippen LogP contribution in [0.3, 0.4) is 0 Å². The molecule has 0 saturated heterocycles. The molecule has 1 heterocycles. The van der Waals surface area contributed by atoms with Crippen molar-refractivity contribution < 1.29 is 4.79 Å². The second-order valence-corrected chi connectivity index (χ2v) is 5.18. The van der Waals surface area contributed by atoms with Gasteiger partial charge in [-0.1, -0.05) is 31.7 Å². The number of carbonyl (C=O) groups excluding carboxylic acids is 1. The van der Waals surface area contributed by atoms with E-state index in [1.54, 1.807) is 6.20 Å². The molecule has 1 aromatic rings. The van der Waals surface area contributed by atoms with Crippen LogP contribution in [0.15, 0.2) is 24.4 Å². The highest BCUT2D eigenvalue weighted by atomic mass is 16.1. The summed E-state index contributed by atoms with van der Waals surface area (Å²) in [6.45, 7) is 1.01. The molecule has 104 valence electrons. The molecule has 4 nitrogen and oxygen atoms in total. The Balaban J connectivity index is 1.64. The molecule has 0 aromatic carbocycles. The van der Waals surface area contributed by atoms with Crippen LogP contribution in [0.5, 0.6) is 0 Å². The molecule has 2 N–H and O–H groups in total. The Morgan fingerprint density at radius 2 is 2.00 bits per heavy atom. The van der Waals surface area contributed by atoms with Gasteiger partial charge in [0, 0.05) is 18.8 Å². The number of carbonyl (C=O) groups is 1. The molecule has 0 atom stereocenters. The van der Waals surface area contributed by atoms with Gasteiger partial charge in [-0.05, 0) is 25.0 Å². The molecule has 1 aromatic heterocycles. The molecule has 0 aliphatic heterocycles. The van der Waals surface area contributed by atoms with Crippen LogP contribution in [-0.4, -0.2) is 23.5 Å². The van der Waals surface area contributed by atoms with Gasteiger partial charge in [-0.25, -0.2) is 0 Å². The minimum absolute atomic E-state index is 0.0998. The monoisotopic (exact) mass is 261 g/mol. The molecule has 19 heavy (non-hydrogen) atoms. The molecule has 1 aliphatic carbocycles. The lowest BCUT2D eigenvalue weighted by Gasteiger charge is -2.16. The number of pyridine rings is 1. The summed E-state index contributed by atoms with van der Waals surface area (Å²) in [5.41, 5.74) is 0.963. The number of nitrogens with one attached hydrogen (secondary N) is 2. The Morgan fingerprint density at radius 3 is 2.68 bits per heavy atom. The average Bonchev–Trinajstić information content (AvgIpc) is 2.68. The standard InChI is InChI=1S/C15H23N3O/c19-15(18-13-7-3-1-2-4-8-13)12-16-11-14-9-5-6-10-17-14/h5-6,9-10,13,16H,1-4,7-8,11-12H2,(H,18,19). The number of nitrogens with zero attached hydrogens (tertiary/aromatic N) is 1. The van der Waals surface area contributed by atoms with E-state index in [-0.39, 0.29) is 5.91 Å². The zero-order chi connectivity index (χ0) is 13.3. The second kappa shape index (κ2) is 7.89. The van der Waals surface area contributed by atoms with Crippen molar-refractivity contribution in [3.8, 4) is 0 Å². The summed E-state index contributed by atoms with van der Waals surface area (Å²) in [6.07, 6.45) is 9.13. The molecule has 0 bridgehead atoms. The van der Waals surface area contributed by atoms with Gasteiger partial charge >= 0.3 is 0 Å². The third-order valence-corrected chi connectivity index (χ3v) is 3.54. The minimum atomic E-state index is 0.0998. The second-order valence-electron chi connectivity index (χ2n) is 5.18. The smallest absolute Gasteiger partial charge is 0.234 e. The molecule has 0 spiro atoms. The van der Waals surface area contributed by atoms with E-state index in [0.717, 1.165) is 18.5 Å². The van der Waals surface area contributed by atoms with Gasteiger partial charge in [-0.2, -0.15) is 0 Å². The topological polar surface area (TPSA) is 54.0 Å². The zero-order valence-corrected chi connectivity index (χ0v) is 11.4. The van der Waals surface area contributed by atoms with Crippen molar-refractivity contribution in [3.63, 3.8) is 0 Å². The normalized spacial score (nSPS) is 16.8. The van der Waals surface area contributed by atoms with E-state index < -0.39 is 0 Å². The number of rotatable bonds is 5. The summed E-state index contributed by atoms with van der Waals surface area (Å²) in [5.74, 6) is 0.0998. The lowest BCUT2D eigenvalue weighted by atomic mass is 10.1. The number of hydrogen-bond donors (Lipinski definition) is 2. The van der Waals surface area contributed by atoms with Gasteiger partial charge in [0.15, 0.2) is 0 Å². The first-order chi connectivity index (χ1) is 9.34. The minimum Gasteiger partial charge on any atom is -0.352 e. The maximum absolute atomic E-state index is 11.8. The van der Waals surface area contributed by atoms with Crippen LogP contribution in [0.1, 0.15) is 44.2 Å². The highest BCUT2D eigenvalue weighted by Crippen LogP contribution is 2.16. The van der Waals surface area contributed by atoms with Gasteiger partial charge in [0.05, 0.1) is 12.2 Å². The lowest BCUT2D eigenvalue weighted by molar-refractivity contribution is -0.121. The largest absolute Gasteiger partial charge is 0.352 e. The fourth-order valence-corrected chi connectivity index (χ4v) is 2.51. The van der Waals surface area contributed by atoms with Crippen molar-refractivity contribution >= 4 is 5.91 Å². The van der Waals surface area contributed by atoms with Gasteiger partial charge < -0.3 is 10.6 Å². The van der Waals surface area contributed by atoms with Crippen LogP contribution in [-0.2, 0) is 11.3 Å². The van der Waals surface area contributed by atoms with E-state index in [1.807, 2.05) is 18.2 Å². The highest BCUT2D eigenvalue weighted by molar-refractivity contribution is 5.78. The number of hydrogen-bond acceptors (Lipinski definition) is 3. The fourth-order valence-electron chi connectivity index (χ4n) is 2.51. The molecule has 2 rings (SSSR count). The van der Waals surface area contributed by atoms with Crippen LogP contribution in [0.2, 0.25) is 0 Å². The quantitative estimate of drug-likeness (QED) is 0.797. The molecule has 0 radical (unpaired) electrons. The molecule has 1 saturated carbocycles. The Kier molecular flexibility index (Phi) is 5.82. The molecular formula is C15H23N3O.